The van der Waals surface area contributed by atoms with Crippen LogP contribution in [0.1, 0.15) is 42.5 Å². The van der Waals surface area contributed by atoms with Crippen LogP contribution in [0.3, 0.4) is 0 Å². The zero-order valence-corrected chi connectivity index (χ0v) is 19.9. The van der Waals surface area contributed by atoms with E-state index < -0.39 is 23.1 Å². The van der Waals surface area contributed by atoms with Crippen molar-refractivity contribution >= 4 is 11.8 Å². The molecule has 0 aliphatic heterocycles. The summed E-state index contributed by atoms with van der Waals surface area (Å²) in [5.41, 5.74) is 0.540. The number of thioether (sulfide) groups is 1. The minimum Gasteiger partial charge on any atom is -0.493 e. The summed E-state index contributed by atoms with van der Waals surface area (Å²) in [6.07, 6.45) is -3.83. The van der Waals surface area contributed by atoms with Crippen LogP contribution in [0.2, 0.25) is 0 Å². The number of pyridine rings is 1. The third-order valence-electron chi connectivity index (χ3n) is 5.12. The molecule has 8 heteroatoms. The first kappa shape index (κ1) is 25.6. The van der Waals surface area contributed by atoms with Crippen LogP contribution >= 0.6 is 11.8 Å². The van der Waals surface area contributed by atoms with Crippen LogP contribution in [-0.4, -0.2) is 11.6 Å². The second-order valence-corrected chi connectivity index (χ2v) is 9.24. The van der Waals surface area contributed by atoms with E-state index in [0.29, 0.717) is 29.4 Å². The molecule has 0 spiro atoms. The summed E-state index contributed by atoms with van der Waals surface area (Å²) in [4.78, 5) is 4.40. The molecular weight excluding hydrogens is 464 g/mol. The molecule has 0 N–H and O–H groups in total. The first-order valence-corrected chi connectivity index (χ1v) is 11.7. The fourth-order valence-electron chi connectivity index (χ4n) is 3.21. The van der Waals surface area contributed by atoms with E-state index in [0.717, 1.165) is 29.8 Å². The van der Waals surface area contributed by atoms with Gasteiger partial charge in [0.25, 0.3) is 0 Å². The topological polar surface area (TPSA) is 45.9 Å². The Kier molecular flexibility index (Phi) is 8.21. The van der Waals surface area contributed by atoms with Crippen LogP contribution in [0, 0.1) is 30.0 Å². The maximum atomic E-state index is 13.8. The number of ether oxygens (including phenoxy) is 1. The van der Waals surface area contributed by atoms with Gasteiger partial charge in [0.15, 0.2) is 0 Å². The second-order valence-electron chi connectivity index (χ2n) is 8.27. The second kappa shape index (κ2) is 10.9. The first-order chi connectivity index (χ1) is 16.1. The Hall–Kier alpha value is -3.05. The molecule has 0 bridgehead atoms. The third-order valence-corrected chi connectivity index (χ3v) is 6.16. The van der Waals surface area contributed by atoms with Crippen molar-refractivity contribution in [1.82, 2.24) is 4.98 Å². The minimum absolute atomic E-state index is 0.0217. The third kappa shape index (κ3) is 6.51. The van der Waals surface area contributed by atoms with E-state index in [2.05, 4.69) is 18.8 Å². The highest BCUT2D eigenvalue weighted by atomic mass is 32.2. The number of rotatable bonds is 8. The van der Waals surface area contributed by atoms with Crippen LogP contribution in [-0.2, 0) is 11.9 Å². The standard InChI is InChI=1S/C26H24F4N2OS/c1-16(2)10-11-33-24-9-6-19(12-17(24)3)23-13-22(26(28,29)30)21(14-31)25(32-23)34-15-18-4-7-20(27)8-5-18/h4-9,12-13,16H,10-11,15H2,1-3H3. The highest BCUT2D eigenvalue weighted by Gasteiger charge is 2.36. The molecular formula is C26H24F4N2OS. The van der Waals surface area contributed by atoms with Gasteiger partial charge in [-0.15, -0.1) is 11.8 Å². The Morgan fingerprint density at radius 3 is 2.38 bits per heavy atom. The fraction of sp³-hybridized carbons (Fsp3) is 0.308. The van der Waals surface area contributed by atoms with E-state index in [1.807, 2.05) is 6.92 Å². The molecule has 178 valence electrons. The SMILES string of the molecule is Cc1cc(-c2cc(C(F)(F)F)c(C#N)c(SCc3ccc(F)cc3)n2)ccc1OCCC(C)C. The number of aromatic nitrogens is 1. The quantitative estimate of drug-likeness (QED) is 0.240. The molecule has 3 aromatic rings. The van der Waals surface area contributed by atoms with Gasteiger partial charge in [-0.1, -0.05) is 26.0 Å². The number of hydrogen-bond acceptors (Lipinski definition) is 4. The Morgan fingerprint density at radius 2 is 1.79 bits per heavy atom. The summed E-state index contributed by atoms with van der Waals surface area (Å²) >= 11 is 1.01. The van der Waals surface area contributed by atoms with Gasteiger partial charge in [-0.05, 0) is 66.8 Å². The number of nitriles is 1. The Morgan fingerprint density at radius 1 is 1.09 bits per heavy atom. The molecule has 34 heavy (non-hydrogen) atoms. The van der Waals surface area contributed by atoms with E-state index in [1.54, 1.807) is 36.4 Å². The zero-order chi connectivity index (χ0) is 24.9. The molecule has 1 heterocycles. The number of benzene rings is 2. The highest BCUT2D eigenvalue weighted by Crippen LogP contribution is 2.39. The molecule has 1 aromatic heterocycles. The van der Waals surface area contributed by atoms with Gasteiger partial charge in [0.1, 0.15) is 22.7 Å². The Labute approximate surface area is 200 Å². The summed E-state index contributed by atoms with van der Waals surface area (Å²) < 4.78 is 60.4. The molecule has 0 saturated heterocycles. The van der Waals surface area contributed by atoms with Crippen molar-refractivity contribution in [2.75, 3.05) is 6.61 Å². The van der Waals surface area contributed by atoms with Crippen molar-refractivity contribution in [2.45, 2.75) is 44.1 Å². The molecule has 0 aliphatic rings. The lowest BCUT2D eigenvalue weighted by Gasteiger charge is -2.15. The minimum atomic E-state index is -4.72. The lowest BCUT2D eigenvalue weighted by atomic mass is 10.0. The molecule has 0 unspecified atom stereocenters. The lowest BCUT2D eigenvalue weighted by Crippen LogP contribution is -2.10. The van der Waals surface area contributed by atoms with Crippen molar-refractivity contribution < 1.29 is 22.3 Å². The fourth-order valence-corrected chi connectivity index (χ4v) is 4.17. The first-order valence-electron chi connectivity index (χ1n) is 10.7. The van der Waals surface area contributed by atoms with Crippen molar-refractivity contribution in [3.05, 3.63) is 76.6 Å². The van der Waals surface area contributed by atoms with Crippen LogP contribution in [0.15, 0.2) is 53.6 Å². The summed E-state index contributed by atoms with van der Waals surface area (Å²) in [7, 11) is 0. The predicted molar refractivity (Wildman–Crippen MR) is 125 cm³/mol. The van der Waals surface area contributed by atoms with Crippen molar-refractivity contribution in [1.29, 1.82) is 5.26 Å². The maximum Gasteiger partial charge on any atom is 0.417 e. The van der Waals surface area contributed by atoms with Gasteiger partial charge in [0.05, 0.1) is 23.4 Å². The van der Waals surface area contributed by atoms with E-state index in [1.165, 1.54) is 12.1 Å². The van der Waals surface area contributed by atoms with Crippen molar-refractivity contribution in [3.8, 4) is 23.1 Å². The van der Waals surface area contributed by atoms with Crippen LogP contribution < -0.4 is 4.74 Å². The van der Waals surface area contributed by atoms with Gasteiger partial charge in [0, 0.05) is 11.3 Å². The number of halogens is 4. The molecule has 2 aromatic carbocycles. The van der Waals surface area contributed by atoms with E-state index in [9.17, 15) is 22.8 Å². The summed E-state index contributed by atoms with van der Waals surface area (Å²) in [5.74, 6) is 0.997. The summed E-state index contributed by atoms with van der Waals surface area (Å²) in [6, 6.07) is 13.3. The molecule has 0 atom stereocenters. The Balaban J connectivity index is 1.97. The van der Waals surface area contributed by atoms with Gasteiger partial charge in [-0.25, -0.2) is 9.37 Å². The summed E-state index contributed by atoms with van der Waals surface area (Å²) in [5, 5.41) is 9.47. The monoisotopic (exact) mass is 488 g/mol. The summed E-state index contributed by atoms with van der Waals surface area (Å²) in [6.45, 7) is 6.57. The molecule has 0 fully saturated rings. The van der Waals surface area contributed by atoms with Gasteiger partial charge in [0.2, 0.25) is 0 Å². The van der Waals surface area contributed by atoms with E-state index >= 15 is 0 Å². The van der Waals surface area contributed by atoms with Crippen LogP contribution in [0.4, 0.5) is 17.6 Å². The highest BCUT2D eigenvalue weighted by molar-refractivity contribution is 7.98. The van der Waals surface area contributed by atoms with E-state index in [-0.39, 0.29) is 16.5 Å². The van der Waals surface area contributed by atoms with Gasteiger partial charge in [-0.2, -0.15) is 18.4 Å². The molecule has 3 rings (SSSR count). The van der Waals surface area contributed by atoms with Gasteiger partial charge in [-0.3, -0.25) is 0 Å². The van der Waals surface area contributed by atoms with Crippen LogP contribution in [0.25, 0.3) is 11.3 Å². The lowest BCUT2D eigenvalue weighted by molar-refractivity contribution is -0.138. The molecule has 3 nitrogen and oxygen atoms in total. The average molecular weight is 489 g/mol. The van der Waals surface area contributed by atoms with Crippen molar-refractivity contribution in [2.24, 2.45) is 5.92 Å². The molecule has 0 radical (unpaired) electrons. The van der Waals surface area contributed by atoms with Gasteiger partial charge < -0.3 is 4.74 Å². The van der Waals surface area contributed by atoms with E-state index in [4.69, 9.17) is 4.74 Å². The molecule has 0 amide bonds. The maximum absolute atomic E-state index is 13.8. The molecule has 0 aliphatic carbocycles. The number of aryl methyl sites for hydroxylation is 1. The smallest absolute Gasteiger partial charge is 0.417 e. The van der Waals surface area contributed by atoms with Crippen molar-refractivity contribution in [3.63, 3.8) is 0 Å². The number of alkyl halides is 3. The number of nitrogens with zero attached hydrogens (tertiary/aromatic N) is 2. The Bertz CT molecular complexity index is 1190. The van der Waals surface area contributed by atoms with Gasteiger partial charge >= 0.3 is 6.18 Å². The predicted octanol–water partition coefficient (Wildman–Crippen LogP) is 7.80. The average Bonchev–Trinajstić information content (AvgIpc) is 2.78. The largest absolute Gasteiger partial charge is 0.493 e. The zero-order valence-electron chi connectivity index (χ0n) is 19.0. The molecule has 0 saturated carbocycles. The van der Waals surface area contributed by atoms with Crippen LogP contribution in [0.5, 0.6) is 5.75 Å². The number of hydrogen-bond donors (Lipinski definition) is 0. The normalized spacial score (nSPS) is 11.5.